The standard InChI is InChI=1S/C26H48N2O7/c1-2-3-4-5-6-7-8-9-10-11-12-13-14-19-26(31,34-24(29)22-17-15-20-27(22)32)35-25(30)23-18-16-21-28(23)33/h22-23,31-33H,2-21H2,1H3. The second-order valence-corrected chi connectivity index (χ2v) is 10.2. The molecule has 2 unspecified atom stereocenters. The molecular weight excluding hydrogens is 452 g/mol. The molecule has 2 saturated heterocycles. The Morgan fingerprint density at radius 3 is 1.43 bits per heavy atom. The van der Waals surface area contributed by atoms with Gasteiger partial charge in [-0.1, -0.05) is 84.0 Å². The van der Waals surface area contributed by atoms with Gasteiger partial charge in [-0.2, -0.15) is 10.1 Å². The van der Waals surface area contributed by atoms with Crippen LogP contribution in [0.3, 0.4) is 0 Å². The zero-order chi connectivity index (χ0) is 25.5. The lowest BCUT2D eigenvalue weighted by molar-refractivity contribution is -0.334. The summed E-state index contributed by atoms with van der Waals surface area (Å²) in [5.74, 6) is -4.04. The highest BCUT2D eigenvalue weighted by Crippen LogP contribution is 2.26. The van der Waals surface area contributed by atoms with Crippen LogP contribution in [0.25, 0.3) is 0 Å². The van der Waals surface area contributed by atoms with E-state index in [1.54, 1.807) is 0 Å². The zero-order valence-corrected chi connectivity index (χ0v) is 21.7. The van der Waals surface area contributed by atoms with E-state index in [2.05, 4.69) is 6.92 Å². The lowest BCUT2D eigenvalue weighted by Crippen LogP contribution is -2.48. The maximum Gasteiger partial charge on any atom is 0.373 e. The Hall–Kier alpha value is -1.26. The van der Waals surface area contributed by atoms with E-state index in [4.69, 9.17) is 9.47 Å². The number of hydrogen-bond donors (Lipinski definition) is 3. The molecule has 0 saturated carbocycles. The van der Waals surface area contributed by atoms with Crippen molar-refractivity contribution in [1.82, 2.24) is 10.1 Å². The van der Waals surface area contributed by atoms with Gasteiger partial charge in [0.1, 0.15) is 12.1 Å². The first-order valence-corrected chi connectivity index (χ1v) is 14.0. The molecule has 0 radical (unpaired) electrons. The Bertz CT molecular complexity index is 585. The molecule has 2 fully saturated rings. The Morgan fingerprint density at radius 2 is 1.09 bits per heavy atom. The molecule has 0 spiro atoms. The summed E-state index contributed by atoms with van der Waals surface area (Å²) >= 11 is 0. The van der Waals surface area contributed by atoms with E-state index in [-0.39, 0.29) is 6.42 Å². The van der Waals surface area contributed by atoms with E-state index in [0.29, 0.717) is 45.2 Å². The van der Waals surface area contributed by atoms with Crippen LogP contribution in [0.15, 0.2) is 0 Å². The first-order valence-electron chi connectivity index (χ1n) is 14.0. The molecule has 0 aromatic rings. The predicted octanol–water partition coefficient (Wildman–Crippen LogP) is 4.91. The third-order valence-corrected chi connectivity index (χ3v) is 7.11. The smallest absolute Gasteiger partial charge is 0.373 e. The number of aliphatic hydroxyl groups is 1. The van der Waals surface area contributed by atoms with Crippen LogP contribution in [-0.2, 0) is 19.1 Å². The highest BCUT2D eigenvalue weighted by atomic mass is 16.8. The van der Waals surface area contributed by atoms with Gasteiger partial charge < -0.3 is 25.0 Å². The van der Waals surface area contributed by atoms with E-state index in [1.807, 2.05) is 0 Å². The maximum atomic E-state index is 12.5. The van der Waals surface area contributed by atoms with Gasteiger partial charge in [0.15, 0.2) is 0 Å². The molecule has 0 bridgehead atoms. The molecule has 35 heavy (non-hydrogen) atoms. The van der Waals surface area contributed by atoms with Crippen LogP contribution in [0.2, 0.25) is 0 Å². The Labute approximate surface area is 210 Å². The third kappa shape index (κ3) is 11.1. The SMILES string of the molecule is CCCCCCCCCCCCCCCC(O)(OC(=O)C1CCCN1O)OC(=O)C1CCCN1O. The fourth-order valence-electron chi connectivity index (χ4n) is 4.92. The van der Waals surface area contributed by atoms with Crippen molar-refractivity contribution in [2.24, 2.45) is 0 Å². The summed E-state index contributed by atoms with van der Waals surface area (Å²) in [5.41, 5.74) is 0. The summed E-state index contributed by atoms with van der Waals surface area (Å²) < 4.78 is 10.5. The van der Waals surface area contributed by atoms with Crippen LogP contribution in [0, 0.1) is 0 Å². The van der Waals surface area contributed by atoms with Crippen LogP contribution in [0.4, 0.5) is 0 Å². The number of carbonyl (C=O) groups excluding carboxylic acids is 2. The fourth-order valence-corrected chi connectivity index (χ4v) is 4.92. The number of hydroxylamine groups is 4. The van der Waals surface area contributed by atoms with Crippen LogP contribution >= 0.6 is 0 Å². The van der Waals surface area contributed by atoms with Gasteiger partial charge in [-0.25, -0.2) is 0 Å². The summed E-state index contributed by atoms with van der Waals surface area (Å²) in [4.78, 5) is 25.1. The van der Waals surface area contributed by atoms with Crippen molar-refractivity contribution < 1.29 is 34.6 Å². The van der Waals surface area contributed by atoms with E-state index >= 15 is 0 Å². The average molecular weight is 501 g/mol. The number of ether oxygens (including phenoxy) is 2. The van der Waals surface area contributed by atoms with Crippen LogP contribution in [0.1, 0.15) is 122 Å². The molecule has 0 aromatic carbocycles. The van der Waals surface area contributed by atoms with Gasteiger partial charge in [-0.15, -0.1) is 0 Å². The van der Waals surface area contributed by atoms with Crippen molar-refractivity contribution in [3.05, 3.63) is 0 Å². The molecule has 2 aliphatic heterocycles. The van der Waals surface area contributed by atoms with Gasteiger partial charge in [0.2, 0.25) is 0 Å². The summed E-state index contributed by atoms with van der Waals surface area (Å²) in [6.45, 7) is 2.93. The number of hydrogen-bond acceptors (Lipinski definition) is 9. The monoisotopic (exact) mass is 500 g/mol. The zero-order valence-electron chi connectivity index (χ0n) is 21.7. The predicted molar refractivity (Wildman–Crippen MR) is 130 cm³/mol. The van der Waals surface area contributed by atoms with E-state index in [9.17, 15) is 25.1 Å². The maximum absolute atomic E-state index is 12.5. The molecular formula is C26H48N2O7. The van der Waals surface area contributed by atoms with Gasteiger partial charge >= 0.3 is 17.9 Å². The van der Waals surface area contributed by atoms with Crippen LogP contribution < -0.4 is 0 Å². The lowest BCUT2D eigenvalue weighted by Gasteiger charge is -2.30. The van der Waals surface area contributed by atoms with Crippen molar-refractivity contribution >= 4 is 11.9 Å². The minimum atomic E-state index is -2.40. The normalized spacial score (nSPS) is 22.9. The molecule has 9 heteroatoms. The second kappa shape index (κ2) is 16.5. The Kier molecular flexibility index (Phi) is 14.1. The number of unbranched alkanes of at least 4 members (excludes halogenated alkanes) is 12. The molecule has 0 aromatic heterocycles. The largest absolute Gasteiger partial charge is 0.397 e. The molecule has 2 heterocycles. The average Bonchev–Trinajstić information content (AvgIpc) is 3.44. The summed E-state index contributed by atoms with van der Waals surface area (Å²) in [6.07, 6.45) is 17.2. The highest BCUT2D eigenvalue weighted by Gasteiger charge is 2.43. The van der Waals surface area contributed by atoms with Gasteiger partial charge in [0.05, 0.1) is 6.42 Å². The van der Waals surface area contributed by atoms with Gasteiger partial charge in [0, 0.05) is 13.1 Å². The highest BCUT2D eigenvalue weighted by molar-refractivity contribution is 5.78. The van der Waals surface area contributed by atoms with E-state index in [1.165, 1.54) is 57.8 Å². The minimum absolute atomic E-state index is 0.0431. The Morgan fingerprint density at radius 1 is 0.714 bits per heavy atom. The van der Waals surface area contributed by atoms with Crippen molar-refractivity contribution in [3.63, 3.8) is 0 Å². The molecule has 2 aliphatic rings. The van der Waals surface area contributed by atoms with Crippen molar-refractivity contribution in [3.8, 4) is 0 Å². The fraction of sp³-hybridized carbons (Fsp3) is 0.923. The van der Waals surface area contributed by atoms with E-state index < -0.39 is 30.0 Å². The first-order chi connectivity index (χ1) is 16.9. The molecule has 204 valence electrons. The second-order valence-electron chi connectivity index (χ2n) is 10.2. The van der Waals surface area contributed by atoms with Gasteiger partial charge in [-0.05, 0) is 32.1 Å². The van der Waals surface area contributed by atoms with Gasteiger partial charge in [-0.3, -0.25) is 9.59 Å². The van der Waals surface area contributed by atoms with Crippen LogP contribution in [-0.4, -0.2) is 68.7 Å². The summed E-state index contributed by atoms with van der Waals surface area (Å²) in [6, 6.07) is -1.76. The van der Waals surface area contributed by atoms with Crippen molar-refractivity contribution in [1.29, 1.82) is 0 Å². The molecule has 2 rings (SSSR count). The van der Waals surface area contributed by atoms with Crippen molar-refractivity contribution in [2.75, 3.05) is 13.1 Å². The molecule has 3 N–H and O–H groups in total. The quantitative estimate of drug-likeness (QED) is 0.137. The molecule has 0 aliphatic carbocycles. The summed E-state index contributed by atoms with van der Waals surface area (Å²) in [7, 11) is 0. The minimum Gasteiger partial charge on any atom is -0.397 e. The number of carbonyl (C=O) groups is 2. The molecule has 2 atom stereocenters. The topological polar surface area (TPSA) is 120 Å². The van der Waals surface area contributed by atoms with Gasteiger partial charge in [0.25, 0.3) is 0 Å². The van der Waals surface area contributed by atoms with Crippen LogP contribution in [0.5, 0.6) is 0 Å². The molecule has 9 nitrogen and oxygen atoms in total. The first kappa shape index (κ1) is 30.0. The lowest BCUT2D eigenvalue weighted by atomic mass is 10.0. The summed E-state index contributed by atoms with van der Waals surface area (Å²) in [5, 5.41) is 32.4. The number of esters is 2. The number of rotatable bonds is 18. The molecule has 0 amide bonds. The van der Waals surface area contributed by atoms with E-state index in [0.717, 1.165) is 29.4 Å². The third-order valence-electron chi connectivity index (χ3n) is 7.11. The Balaban J connectivity index is 1.70. The van der Waals surface area contributed by atoms with Crippen molar-refractivity contribution in [2.45, 2.75) is 141 Å². The number of nitrogens with zero attached hydrogens (tertiary/aromatic N) is 2.